The fraction of sp³-hybridized carbons (Fsp3) is 0.667. The molecule has 5 rings (SSSR count). The van der Waals surface area contributed by atoms with Gasteiger partial charge >= 0.3 is 0 Å². The molecule has 35 heavy (non-hydrogen) atoms. The standard InChI is InChI=1S/C13H18INOS.C12H17IN2S.C2H6/c1-13(2,3)12(16)10-5-4-9-6-7-15(17-14)11(9)8-10;13-16-15-8-5-10-3-4-11(9-12(10)15)14-6-1-2-7-14;1-2/h6-7,10H,4-5,8H2,1-3H3;5,8,11H,1-4,6-7,9H2;1-2H3. The second-order valence-electron chi connectivity index (χ2n) is 10.6. The molecular weight excluding hydrogens is 700 g/mol. The Hall–Kier alpha value is 0.350. The number of aryl methyl sites for hydroxylation is 2. The molecule has 8 heteroatoms. The van der Waals surface area contributed by atoms with Crippen molar-refractivity contribution in [3.05, 3.63) is 47.0 Å². The number of likely N-dealkylation sites (tertiary alicyclic amines) is 1. The Balaban J connectivity index is 0.000000183. The molecule has 3 heterocycles. The van der Waals surface area contributed by atoms with Crippen molar-refractivity contribution in [3.63, 3.8) is 0 Å². The minimum absolute atomic E-state index is 0.208. The van der Waals surface area contributed by atoms with Crippen LogP contribution in [0.25, 0.3) is 0 Å². The van der Waals surface area contributed by atoms with Crippen LogP contribution in [0, 0.1) is 11.3 Å². The lowest BCUT2D eigenvalue weighted by Gasteiger charge is -2.31. The van der Waals surface area contributed by atoms with Crippen LogP contribution in [0.1, 0.15) is 82.8 Å². The Morgan fingerprint density at radius 1 is 0.886 bits per heavy atom. The fourth-order valence-electron chi connectivity index (χ4n) is 5.56. The van der Waals surface area contributed by atoms with Crippen LogP contribution in [0.2, 0.25) is 0 Å². The van der Waals surface area contributed by atoms with Crippen LogP contribution in [0.4, 0.5) is 0 Å². The van der Waals surface area contributed by atoms with Gasteiger partial charge in [-0.3, -0.25) is 17.6 Å². The van der Waals surface area contributed by atoms with Crippen molar-refractivity contribution in [1.82, 2.24) is 12.8 Å². The molecular formula is C27H41I2N3OS2. The van der Waals surface area contributed by atoms with E-state index in [2.05, 4.69) is 79.8 Å². The Kier molecular flexibility index (Phi) is 11.9. The van der Waals surface area contributed by atoms with Crippen molar-refractivity contribution in [2.24, 2.45) is 11.3 Å². The van der Waals surface area contributed by atoms with Gasteiger partial charge in [0.15, 0.2) is 0 Å². The van der Waals surface area contributed by atoms with E-state index in [4.69, 9.17) is 0 Å². The summed E-state index contributed by atoms with van der Waals surface area (Å²) >= 11 is 4.67. The van der Waals surface area contributed by atoms with Gasteiger partial charge in [-0.2, -0.15) is 0 Å². The molecule has 2 unspecified atom stereocenters. The number of aromatic nitrogens is 2. The van der Waals surface area contributed by atoms with Gasteiger partial charge in [-0.05, 0) is 81.3 Å². The first kappa shape index (κ1) is 29.9. The van der Waals surface area contributed by atoms with E-state index in [9.17, 15) is 4.79 Å². The molecule has 0 aromatic carbocycles. The average molecular weight is 742 g/mol. The zero-order chi connectivity index (χ0) is 25.6. The molecule has 0 radical (unpaired) electrons. The van der Waals surface area contributed by atoms with Crippen LogP contribution in [0.5, 0.6) is 0 Å². The molecule has 1 saturated heterocycles. The van der Waals surface area contributed by atoms with Crippen molar-refractivity contribution in [2.45, 2.75) is 92.0 Å². The molecule has 196 valence electrons. The number of carbonyl (C=O) groups excluding carboxylic acids is 1. The second kappa shape index (κ2) is 13.9. The summed E-state index contributed by atoms with van der Waals surface area (Å²) in [6.45, 7) is 12.7. The summed E-state index contributed by atoms with van der Waals surface area (Å²) < 4.78 is 4.54. The highest BCUT2D eigenvalue weighted by molar-refractivity contribution is 14.2. The molecule has 0 N–H and O–H groups in total. The molecule has 2 aromatic heterocycles. The number of rotatable bonds is 4. The molecule has 0 bridgehead atoms. The lowest BCUT2D eigenvalue weighted by molar-refractivity contribution is -0.130. The maximum absolute atomic E-state index is 12.3. The topological polar surface area (TPSA) is 30.2 Å². The Morgan fingerprint density at radius 2 is 1.40 bits per heavy atom. The van der Waals surface area contributed by atoms with Gasteiger partial charge in [-0.15, -0.1) is 0 Å². The lowest BCUT2D eigenvalue weighted by atomic mass is 9.76. The highest BCUT2D eigenvalue weighted by Gasteiger charge is 2.33. The van der Waals surface area contributed by atoms with Crippen LogP contribution in [-0.2, 0) is 30.5 Å². The van der Waals surface area contributed by atoms with E-state index in [1.807, 2.05) is 34.6 Å². The summed E-state index contributed by atoms with van der Waals surface area (Å²) in [6, 6.07) is 5.31. The van der Waals surface area contributed by atoms with Crippen LogP contribution < -0.4 is 0 Å². The number of ketones is 1. The van der Waals surface area contributed by atoms with Gasteiger partial charge in [0.2, 0.25) is 0 Å². The summed E-state index contributed by atoms with van der Waals surface area (Å²) in [5.41, 5.74) is 5.71. The third-order valence-electron chi connectivity index (χ3n) is 7.39. The predicted octanol–water partition coefficient (Wildman–Crippen LogP) is 8.37. The van der Waals surface area contributed by atoms with Gasteiger partial charge in [0.05, 0.1) is 0 Å². The summed E-state index contributed by atoms with van der Waals surface area (Å²) in [6.07, 6.45) is 14.0. The maximum atomic E-state index is 12.3. The molecule has 2 aliphatic carbocycles. The summed E-state index contributed by atoms with van der Waals surface area (Å²) in [5.74, 6) is 0.619. The van der Waals surface area contributed by atoms with Gasteiger partial charge in [-0.25, -0.2) is 0 Å². The van der Waals surface area contributed by atoms with Crippen LogP contribution in [0.15, 0.2) is 24.5 Å². The van der Waals surface area contributed by atoms with E-state index in [1.54, 1.807) is 29.5 Å². The quantitative estimate of drug-likeness (QED) is 0.295. The van der Waals surface area contributed by atoms with Gasteiger partial charge in [0.1, 0.15) is 5.78 Å². The smallest absolute Gasteiger partial charge is 0.141 e. The maximum Gasteiger partial charge on any atom is 0.141 e. The molecule has 0 amide bonds. The van der Waals surface area contributed by atoms with Gasteiger partial charge in [0.25, 0.3) is 0 Å². The second-order valence-corrected chi connectivity index (χ2v) is 14.0. The summed E-state index contributed by atoms with van der Waals surface area (Å²) in [4.78, 5) is 15.0. The van der Waals surface area contributed by atoms with E-state index >= 15 is 0 Å². The third kappa shape index (κ3) is 7.47. The highest BCUT2D eigenvalue weighted by atomic mass is 127. The van der Waals surface area contributed by atoms with Crippen LogP contribution in [0.3, 0.4) is 0 Å². The number of hydrogen-bond acceptors (Lipinski definition) is 4. The molecule has 2 atom stereocenters. The normalized spacial score (nSPS) is 21.8. The van der Waals surface area contributed by atoms with E-state index in [-0.39, 0.29) is 11.3 Å². The highest BCUT2D eigenvalue weighted by Crippen LogP contribution is 2.34. The minimum Gasteiger partial charge on any atom is -0.300 e. The Morgan fingerprint density at radius 3 is 1.91 bits per heavy atom. The number of nitrogens with zero attached hydrogens (tertiary/aromatic N) is 3. The van der Waals surface area contributed by atoms with Crippen molar-refractivity contribution in [1.29, 1.82) is 0 Å². The van der Waals surface area contributed by atoms with Crippen molar-refractivity contribution in [2.75, 3.05) is 13.1 Å². The SMILES string of the molecule is CC.CC(C)(C)C(=O)C1CCc2ccn(SI)c2C1.ISn1ccc2c1CC(N1CCCC1)CC2. The number of hydrogen-bond donors (Lipinski definition) is 0. The van der Waals surface area contributed by atoms with Crippen LogP contribution >= 0.6 is 60.6 Å². The van der Waals surface area contributed by atoms with E-state index in [0.717, 1.165) is 25.3 Å². The first-order valence-corrected chi connectivity index (χ1v) is 19.7. The van der Waals surface area contributed by atoms with Gasteiger partial charge in [-0.1, -0.05) is 34.6 Å². The molecule has 1 aliphatic heterocycles. The molecule has 1 fully saturated rings. The number of fused-ring (bicyclic) bond motifs is 2. The Bertz CT molecular complexity index is 933. The number of Topliss-reactive ketones (excluding diaryl/α,β-unsaturated/α-hetero) is 1. The molecule has 0 spiro atoms. The van der Waals surface area contributed by atoms with Crippen molar-refractivity contribution < 1.29 is 4.79 Å². The minimum atomic E-state index is -0.211. The van der Waals surface area contributed by atoms with Gasteiger partial charge in [0, 0.05) is 108 Å². The molecule has 4 nitrogen and oxygen atoms in total. The number of carbonyl (C=O) groups is 1. The Labute approximate surface area is 245 Å². The van der Waals surface area contributed by atoms with Crippen LogP contribution in [-0.4, -0.2) is 37.8 Å². The zero-order valence-corrected chi connectivity index (χ0v) is 27.8. The average Bonchev–Trinajstić information content (AvgIpc) is 3.63. The lowest BCUT2D eigenvalue weighted by Crippen LogP contribution is -2.37. The first-order valence-electron chi connectivity index (χ1n) is 13.1. The summed E-state index contributed by atoms with van der Waals surface area (Å²) in [5, 5.41) is 0. The van der Waals surface area contributed by atoms with Crippen molar-refractivity contribution >= 4 is 66.4 Å². The third-order valence-corrected chi connectivity index (χ3v) is 10.9. The van der Waals surface area contributed by atoms with E-state index < -0.39 is 0 Å². The number of halogens is 2. The first-order chi connectivity index (χ1) is 16.8. The van der Waals surface area contributed by atoms with Crippen molar-refractivity contribution in [3.8, 4) is 0 Å². The molecule has 0 saturated carbocycles. The molecule has 3 aliphatic rings. The van der Waals surface area contributed by atoms with Gasteiger partial charge < -0.3 is 0 Å². The molecule has 2 aromatic rings. The zero-order valence-electron chi connectivity index (χ0n) is 21.9. The fourth-order valence-corrected chi connectivity index (χ4v) is 8.54. The largest absolute Gasteiger partial charge is 0.300 e. The van der Waals surface area contributed by atoms with E-state index in [1.165, 1.54) is 56.5 Å². The monoisotopic (exact) mass is 741 g/mol. The van der Waals surface area contributed by atoms with E-state index in [0.29, 0.717) is 5.78 Å². The summed E-state index contributed by atoms with van der Waals surface area (Å²) in [7, 11) is 3.49. The predicted molar refractivity (Wildman–Crippen MR) is 171 cm³/mol.